The summed E-state index contributed by atoms with van der Waals surface area (Å²) < 4.78 is 13.1. The number of amides is 3. The Kier molecular flexibility index (Phi) is 7.60. The Balaban J connectivity index is 1.24. The van der Waals surface area contributed by atoms with Crippen LogP contribution in [0.15, 0.2) is 88.8 Å². The van der Waals surface area contributed by atoms with Crippen molar-refractivity contribution in [2.75, 3.05) is 11.1 Å². The number of carbonyl (C=O) groups excluding carboxylic acids is 3. The molecule has 0 fully saturated rings. The van der Waals surface area contributed by atoms with Gasteiger partial charge in [-0.3, -0.25) is 19.4 Å². The fraction of sp³-hybridized carbons (Fsp3) is 0.179. The minimum absolute atomic E-state index is 0.0119. The first-order valence-corrected chi connectivity index (χ1v) is 13.1. The molecule has 3 amide bonds. The third kappa shape index (κ3) is 5.81. The van der Waals surface area contributed by atoms with E-state index in [0.717, 1.165) is 22.9 Å². The molecule has 2 heterocycles. The number of aliphatic imine (C=N–C) groups is 2. The highest BCUT2D eigenvalue weighted by atomic mass is 32.2. The van der Waals surface area contributed by atoms with Crippen LogP contribution in [0.5, 0.6) is 0 Å². The van der Waals surface area contributed by atoms with Crippen molar-refractivity contribution >= 4 is 51.9 Å². The van der Waals surface area contributed by atoms with Gasteiger partial charge in [0.1, 0.15) is 17.7 Å². The minimum atomic E-state index is -0.725. The zero-order valence-corrected chi connectivity index (χ0v) is 21.1. The molecular formula is C28H24FN5O3S. The second kappa shape index (κ2) is 11.4. The van der Waals surface area contributed by atoms with E-state index in [2.05, 4.69) is 20.6 Å². The van der Waals surface area contributed by atoms with Crippen molar-refractivity contribution in [3.8, 4) is 0 Å². The summed E-state index contributed by atoms with van der Waals surface area (Å²) in [5, 5.41) is 5.92. The maximum atomic E-state index is 13.4. The smallest absolute Gasteiger partial charge is 0.259 e. The average Bonchev–Trinajstić information content (AvgIpc) is 3.27. The van der Waals surface area contributed by atoms with Gasteiger partial charge in [0.2, 0.25) is 11.8 Å². The maximum Gasteiger partial charge on any atom is 0.259 e. The lowest BCUT2D eigenvalue weighted by Crippen LogP contribution is -2.41. The summed E-state index contributed by atoms with van der Waals surface area (Å²) in [6.45, 7) is 0.416. The molecule has 0 unspecified atom stereocenters. The molecule has 0 bridgehead atoms. The van der Waals surface area contributed by atoms with Crippen molar-refractivity contribution in [3.05, 3.63) is 95.8 Å². The fourth-order valence-corrected chi connectivity index (χ4v) is 4.90. The molecule has 2 aliphatic rings. The van der Waals surface area contributed by atoms with Gasteiger partial charge in [0, 0.05) is 24.2 Å². The lowest BCUT2D eigenvalue weighted by atomic mass is 10.1. The Hall–Kier alpha value is -4.31. The third-order valence-electron chi connectivity index (χ3n) is 5.99. The van der Waals surface area contributed by atoms with Crippen LogP contribution in [-0.4, -0.2) is 45.4 Å². The maximum absolute atomic E-state index is 13.4. The van der Waals surface area contributed by atoms with Crippen molar-refractivity contribution in [2.24, 2.45) is 9.98 Å². The van der Waals surface area contributed by atoms with Gasteiger partial charge in [-0.15, -0.1) is 0 Å². The summed E-state index contributed by atoms with van der Waals surface area (Å²) in [6, 6.07) is 21.7. The van der Waals surface area contributed by atoms with E-state index in [1.54, 1.807) is 0 Å². The number of hydrogen-bond acceptors (Lipinski definition) is 6. The van der Waals surface area contributed by atoms with Crippen LogP contribution in [0.3, 0.4) is 0 Å². The van der Waals surface area contributed by atoms with Gasteiger partial charge in [0.15, 0.2) is 5.17 Å². The van der Waals surface area contributed by atoms with Crippen molar-refractivity contribution in [1.82, 2.24) is 10.2 Å². The van der Waals surface area contributed by atoms with Crippen LogP contribution in [-0.2, 0) is 20.9 Å². The molecular weight excluding hydrogens is 505 g/mol. The van der Waals surface area contributed by atoms with Crippen LogP contribution in [0, 0.1) is 5.82 Å². The van der Waals surface area contributed by atoms with Crippen molar-refractivity contribution in [2.45, 2.75) is 25.4 Å². The number of anilines is 1. The minimum Gasteiger partial charge on any atom is -0.352 e. The number of nitrogens with one attached hydrogen (secondary N) is 2. The van der Waals surface area contributed by atoms with Crippen LogP contribution in [0.1, 0.15) is 24.0 Å². The van der Waals surface area contributed by atoms with E-state index in [0.29, 0.717) is 28.9 Å². The Labute approximate surface area is 223 Å². The molecule has 192 valence electrons. The molecule has 10 heteroatoms. The molecule has 0 saturated carbocycles. The van der Waals surface area contributed by atoms with Crippen LogP contribution in [0.25, 0.3) is 0 Å². The van der Waals surface area contributed by atoms with Crippen LogP contribution in [0.4, 0.5) is 15.8 Å². The number of halogens is 1. The molecule has 8 nitrogen and oxygen atoms in total. The molecule has 0 spiro atoms. The lowest BCUT2D eigenvalue weighted by Gasteiger charge is -2.25. The SMILES string of the molecule is O=C(CC[C@@H]1N=C2c3ccccc3N=C(SCC(=O)Nc3ccc(F)cc3)N2C1=O)NCc1ccccc1. The lowest BCUT2D eigenvalue weighted by molar-refractivity contribution is -0.125. The second-order valence-electron chi connectivity index (χ2n) is 8.70. The Morgan fingerprint density at radius 3 is 2.47 bits per heavy atom. The van der Waals surface area contributed by atoms with Gasteiger partial charge in [0.25, 0.3) is 5.91 Å². The first kappa shape index (κ1) is 25.3. The number of amidine groups is 2. The fourth-order valence-electron chi connectivity index (χ4n) is 4.10. The molecule has 2 N–H and O–H groups in total. The molecule has 0 aromatic heterocycles. The Morgan fingerprint density at radius 1 is 0.947 bits per heavy atom. The summed E-state index contributed by atoms with van der Waals surface area (Å²) in [4.78, 5) is 49.0. The zero-order chi connectivity index (χ0) is 26.5. The molecule has 0 aliphatic carbocycles. The highest BCUT2D eigenvalue weighted by Gasteiger charge is 2.41. The third-order valence-corrected chi connectivity index (χ3v) is 6.92. The highest BCUT2D eigenvalue weighted by Crippen LogP contribution is 2.34. The number of benzene rings is 3. The van der Waals surface area contributed by atoms with E-state index in [1.807, 2.05) is 54.6 Å². The summed E-state index contributed by atoms with van der Waals surface area (Å²) in [6.07, 6.45) is 0.403. The van der Waals surface area contributed by atoms with E-state index >= 15 is 0 Å². The van der Waals surface area contributed by atoms with Crippen LogP contribution < -0.4 is 10.6 Å². The first-order valence-electron chi connectivity index (χ1n) is 12.1. The van der Waals surface area contributed by atoms with Gasteiger partial charge in [-0.25, -0.2) is 14.3 Å². The number of carbonyl (C=O) groups is 3. The van der Waals surface area contributed by atoms with Gasteiger partial charge < -0.3 is 10.6 Å². The number of rotatable bonds is 8. The van der Waals surface area contributed by atoms with Gasteiger partial charge >= 0.3 is 0 Å². The Bertz CT molecular complexity index is 1430. The highest BCUT2D eigenvalue weighted by molar-refractivity contribution is 8.14. The van der Waals surface area contributed by atoms with E-state index in [-0.39, 0.29) is 36.3 Å². The van der Waals surface area contributed by atoms with E-state index in [4.69, 9.17) is 0 Å². The van der Waals surface area contributed by atoms with Gasteiger partial charge in [0.05, 0.1) is 11.4 Å². The van der Waals surface area contributed by atoms with Crippen LogP contribution in [0.2, 0.25) is 0 Å². The van der Waals surface area contributed by atoms with Crippen molar-refractivity contribution in [1.29, 1.82) is 0 Å². The number of hydrogen-bond donors (Lipinski definition) is 2. The number of nitrogens with zero attached hydrogens (tertiary/aromatic N) is 3. The molecule has 0 saturated heterocycles. The molecule has 3 aromatic carbocycles. The predicted octanol–water partition coefficient (Wildman–Crippen LogP) is 4.25. The van der Waals surface area contributed by atoms with Crippen LogP contribution >= 0.6 is 11.8 Å². The van der Waals surface area contributed by atoms with E-state index < -0.39 is 11.9 Å². The summed E-state index contributed by atoms with van der Waals surface area (Å²) in [5.41, 5.74) is 2.83. The quantitative estimate of drug-likeness (QED) is 0.455. The summed E-state index contributed by atoms with van der Waals surface area (Å²) in [5.74, 6) is -0.697. The van der Waals surface area contributed by atoms with Crippen molar-refractivity contribution < 1.29 is 18.8 Å². The standard InChI is InChI=1S/C28H24FN5O3S/c29-19-10-12-20(13-11-19)31-25(36)17-38-28-33-22-9-5-4-8-21(22)26-32-23(27(37)34(26)28)14-15-24(35)30-16-18-6-2-1-3-7-18/h1-13,23H,14-17H2,(H,30,35)(H,31,36)/t23-/m0/s1. The molecule has 38 heavy (non-hydrogen) atoms. The van der Waals surface area contributed by atoms with Gasteiger partial charge in [-0.2, -0.15) is 0 Å². The number of thioether (sulfide) groups is 1. The second-order valence-corrected chi connectivity index (χ2v) is 9.64. The van der Waals surface area contributed by atoms with Gasteiger partial charge in [-0.1, -0.05) is 54.2 Å². The molecule has 5 rings (SSSR count). The Morgan fingerprint density at radius 2 is 1.68 bits per heavy atom. The van der Waals surface area contributed by atoms with E-state index in [9.17, 15) is 18.8 Å². The number of para-hydroxylation sites is 1. The monoisotopic (exact) mass is 529 g/mol. The summed E-state index contributed by atoms with van der Waals surface area (Å²) >= 11 is 1.11. The largest absolute Gasteiger partial charge is 0.352 e. The molecule has 3 aromatic rings. The normalized spacial score (nSPS) is 15.8. The average molecular weight is 530 g/mol. The summed E-state index contributed by atoms with van der Waals surface area (Å²) in [7, 11) is 0. The van der Waals surface area contributed by atoms with E-state index in [1.165, 1.54) is 29.2 Å². The molecule has 2 aliphatic heterocycles. The number of fused-ring (bicyclic) bond motifs is 3. The zero-order valence-electron chi connectivity index (χ0n) is 20.3. The topological polar surface area (TPSA) is 103 Å². The predicted molar refractivity (Wildman–Crippen MR) is 146 cm³/mol. The molecule has 1 atom stereocenters. The molecule has 0 radical (unpaired) electrons. The first-order chi connectivity index (χ1) is 18.5. The van der Waals surface area contributed by atoms with Gasteiger partial charge in [-0.05, 0) is 48.4 Å². The van der Waals surface area contributed by atoms with Crippen molar-refractivity contribution in [3.63, 3.8) is 0 Å².